The van der Waals surface area contributed by atoms with Gasteiger partial charge in [-0.05, 0) is 17.8 Å². The summed E-state index contributed by atoms with van der Waals surface area (Å²) >= 11 is 0. The molecular formula is C8H16O. The van der Waals surface area contributed by atoms with E-state index < -0.39 is 0 Å². The number of hydrogen-bond donors (Lipinski definition) is 0. The summed E-state index contributed by atoms with van der Waals surface area (Å²) in [7, 11) is 0. The summed E-state index contributed by atoms with van der Waals surface area (Å²) in [5.41, 5.74) is 0.415. The lowest BCUT2D eigenvalue weighted by Gasteiger charge is -2.35. The van der Waals surface area contributed by atoms with Crippen LogP contribution in [0.4, 0.5) is 0 Å². The van der Waals surface area contributed by atoms with Crippen molar-refractivity contribution in [2.24, 2.45) is 11.3 Å². The first kappa shape index (κ1) is 7.07. The molecule has 0 aromatic carbocycles. The summed E-state index contributed by atoms with van der Waals surface area (Å²) in [6, 6.07) is 0. The Balaban J connectivity index is 2.49. The molecule has 0 aromatic heterocycles. The molecule has 0 unspecified atom stereocenters. The van der Waals surface area contributed by atoms with Crippen LogP contribution in [0.1, 0.15) is 27.2 Å². The summed E-state index contributed by atoms with van der Waals surface area (Å²) in [5, 5.41) is 0. The van der Waals surface area contributed by atoms with Gasteiger partial charge in [0.1, 0.15) is 0 Å². The first-order chi connectivity index (χ1) is 4.13. The van der Waals surface area contributed by atoms with Crippen molar-refractivity contribution in [2.75, 3.05) is 13.2 Å². The summed E-state index contributed by atoms with van der Waals surface area (Å²) in [6.45, 7) is 8.76. The van der Waals surface area contributed by atoms with Gasteiger partial charge >= 0.3 is 0 Å². The van der Waals surface area contributed by atoms with Crippen LogP contribution in [-0.2, 0) is 4.74 Å². The lowest BCUT2D eigenvalue weighted by Crippen LogP contribution is -2.33. The van der Waals surface area contributed by atoms with E-state index in [0.717, 1.165) is 19.1 Å². The Labute approximate surface area is 57.4 Å². The average Bonchev–Trinajstić information content (AvgIpc) is 1.77. The van der Waals surface area contributed by atoms with E-state index in [1.165, 1.54) is 6.42 Å². The minimum Gasteiger partial charge on any atom is -0.381 e. The molecule has 1 rings (SSSR count). The third-order valence-electron chi connectivity index (χ3n) is 2.50. The third kappa shape index (κ3) is 1.45. The Kier molecular flexibility index (Phi) is 1.80. The maximum atomic E-state index is 5.36. The van der Waals surface area contributed by atoms with Crippen molar-refractivity contribution < 1.29 is 4.74 Å². The number of rotatable bonds is 0. The zero-order chi connectivity index (χ0) is 6.91. The molecule has 0 aromatic rings. The van der Waals surface area contributed by atoms with E-state index in [-0.39, 0.29) is 0 Å². The quantitative estimate of drug-likeness (QED) is 0.485. The Morgan fingerprint density at radius 3 is 2.44 bits per heavy atom. The van der Waals surface area contributed by atoms with E-state index in [2.05, 4.69) is 20.8 Å². The molecule has 0 N–H and O–H groups in total. The van der Waals surface area contributed by atoms with Gasteiger partial charge in [-0.3, -0.25) is 0 Å². The fraction of sp³-hybridized carbons (Fsp3) is 1.00. The van der Waals surface area contributed by atoms with Gasteiger partial charge in [-0.1, -0.05) is 20.8 Å². The standard InChI is InChI=1S/C8H16O/c1-7-4-5-9-6-8(7,2)3/h7H,4-6H2,1-3H3/t7-/m0/s1. The second-order valence-corrected chi connectivity index (χ2v) is 3.73. The van der Waals surface area contributed by atoms with E-state index >= 15 is 0 Å². The van der Waals surface area contributed by atoms with Gasteiger partial charge in [0, 0.05) is 6.61 Å². The SMILES string of the molecule is C[C@H]1CCOCC1(C)C. The molecule has 0 amide bonds. The first-order valence-electron chi connectivity index (χ1n) is 3.71. The van der Waals surface area contributed by atoms with Gasteiger partial charge in [0.05, 0.1) is 6.61 Å². The Bertz CT molecular complexity index is 96.7. The van der Waals surface area contributed by atoms with Crippen LogP contribution >= 0.6 is 0 Å². The van der Waals surface area contributed by atoms with E-state index in [1.807, 2.05) is 0 Å². The molecule has 0 aliphatic carbocycles. The molecule has 1 aliphatic heterocycles. The van der Waals surface area contributed by atoms with Crippen LogP contribution < -0.4 is 0 Å². The van der Waals surface area contributed by atoms with Gasteiger partial charge in [0.15, 0.2) is 0 Å². The summed E-state index contributed by atoms with van der Waals surface area (Å²) in [5.74, 6) is 0.825. The highest BCUT2D eigenvalue weighted by molar-refractivity contribution is 4.77. The second kappa shape index (κ2) is 2.30. The molecule has 54 valence electrons. The van der Waals surface area contributed by atoms with Crippen molar-refractivity contribution in [3.63, 3.8) is 0 Å². The van der Waals surface area contributed by atoms with Gasteiger partial charge in [-0.25, -0.2) is 0 Å². The smallest absolute Gasteiger partial charge is 0.0519 e. The zero-order valence-corrected chi connectivity index (χ0v) is 6.61. The molecule has 1 nitrogen and oxygen atoms in total. The van der Waals surface area contributed by atoms with E-state index in [9.17, 15) is 0 Å². The predicted octanol–water partition coefficient (Wildman–Crippen LogP) is 2.07. The lowest BCUT2D eigenvalue weighted by molar-refractivity contribution is -0.0247. The molecule has 1 fully saturated rings. The van der Waals surface area contributed by atoms with Crippen LogP contribution in [0.25, 0.3) is 0 Å². The van der Waals surface area contributed by atoms with Crippen molar-refractivity contribution in [3.05, 3.63) is 0 Å². The zero-order valence-electron chi connectivity index (χ0n) is 6.61. The molecule has 1 atom stereocenters. The molecule has 1 heterocycles. The molecule has 1 saturated heterocycles. The van der Waals surface area contributed by atoms with Crippen molar-refractivity contribution in [3.8, 4) is 0 Å². The monoisotopic (exact) mass is 128 g/mol. The predicted molar refractivity (Wildman–Crippen MR) is 38.4 cm³/mol. The largest absolute Gasteiger partial charge is 0.381 e. The maximum absolute atomic E-state index is 5.36. The Morgan fingerprint density at radius 2 is 2.11 bits per heavy atom. The molecule has 0 spiro atoms. The Morgan fingerprint density at radius 1 is 1.44 bits per heavy atom. The number of ether oxygens (including phenoxy) is 1. The Hall–Kier alpha value is -0.0400. The van der Waals surface area contributed by atoms with E-state index in [4.69, 9.17) is 4.74 Å². The normalized spacial score (nSPS) is 34.3. The van der Waals surface area contributed by atoms with Gasteiger partial charge in [-0.15, -0.1) is 0 Å². The molecule has 9 heavy (non-hydrogen) atoms. The van der Waals surface area contributed by atoms with Crippen LogP contribution in [0.2, 0.25) is 0 Å². The minimum atomic E-state index is 0.415. The van der Waals surface area contributed by atoms with Crippen molar-refractivity contribution in [2.45, 2.75) is 27.2 Å². The van der Waals surface area contributed by atoms with Crippen molar-refractivity contribution in [1.82, 2.24) is 0 Å². The number of hydrogen-bond acceptors (Lipinski definition) is 1. The highest BCUT2D eigenvalue weighted by Gasteiger charge is 2.28. The molecule has 0 saturated carbocycles. The summed E-state index contributed by atoms with van der Waals surface area (Å²) in [6.07, 6.45) is 1.23. The third-order valence-corrected chi connectivity index (χ3v) is 2.50. The highest BCUT2D eigenvalue weighted by Crippen LogP contribution is 2.32. The first-order valence-corrected chi connectivity index (χ1v) is 3.71. The van der Waals surface area contributed by atoms with Crippen LogP contribution in [0.5, 0.6) is 0 Å². The summed E-state index contributed by atoms with van der Waals surface area (Å²) < 4.78 is 5.36. The second-order valence-electron chi connectivity index (χ2n) is 3.73. The van der Waals surface area contributed by atoms with Crippen molar-refractivity contribution in [1.29, 1.82) is 0 Å². The van der Waals surface area contributed by atoms with Crippen LogP contribution in [-0.4, -0.2) is 13.2 Å². The van der Waals surface area contributed by atoms with Gasteiger partial charge < -0.3 is 4.74 Å². The maximum Gasteiger partial charge on any atom is 0.0519 e. The van der Waals surface area contributed by atoms with Crippen molar-refractivity contribution >= 4 is 0 Å². The molecule has 0 radical (unpaired) electrons. The topological polar surface area (TPSA) is 9.23 Å². The molecule has 1 aliphatic rings. The lowest BCUT2D eigenvalue weighted by atomic mass is 9.78. The average molecular weight is 128 g/mol. The van der Waals surface area contributed by atoms with Gasteiger partial charge in [0.2, 0.25) is 0 Å². The van der Waals surface area contributed by atoms with E-state index in [0.29, 0.717) is 5.41 Å². The van der Waals surface area contributed by atoms with Crippen LogP contribution in [0.15, 0.2) is 0 Å². The fourth-order valence-corrected chi connectivity index (χ4v) is 1.13. The van der Waals surface area contributed by atoms with Crippen LogP contribution in [0.3, 0.4) is 0 Å². The van der Waals surface area contributed by atoms with Gasteiger partial charge in [-0.2, -0.15) is 0 Å². The fourth-order valence-electron chi connectivity index (χ4n) is 1.13. The molecule has 1 heteroatoms. The highest BCUT2D eigenvalue weighted by atomic mass is 16.5. The van der Waals surface area contributed by atoms with Crippen LogP contribution in [0, 0.1) is 11.3 Å². The summed E-state index contributed by atoms with van der Waals surface area (Å²) in [4.78, 5) is 0. The minimum absolute atomic E-state index is 0.415. The molecule has 0 bridgehead atoms. The van der Waals surface area contributed by atoms with Gasteiger partial charge in [0.25, 0.3) is 0 Å². The van der Waals surface area contributed by atoms with E-state index in [1.54, 1.807) is 0 Å². The molecular weight excluding hydrogens is 112 g/mol.